The summed E-state index contributed by atoms with van der Waals surface area (Å²) in [6, 6.07) is 17.0. The minimum Gasteiger partial charge on any atom is -0.322 e. The molecule has 3 aromatic carbocycles. The van der Waals surface area contributed by atoms with Crippen LogP contribution in [0.3, 0.4) is 0 Å². The zero-order valence-corrected chi connectivity index (χ0v) is 19.5. The van der Waals surface area contributed by atoms with E-state index in [1.165, 1.54) is 30.3 Å². The van der Waals surface area contributed by atoms with Gasteiger partial charge in [0.05, 0.1) is 16.2 Å². The highest BCUT2D eigenvalue weighted by Crippen LogP contribution is 2.33. The van der Waals surface area contributed by atoms with Crippen molar-refractivity contribution in [1.29, 1.82) is 0 Å². The van der Waals surface area contributed by atoms with Crippen LogP contribution in [-0.2, 0) is 23.1 Å². The molecule has 0 radical (unpaired) electrons. The molecule has 0 saturated carbocycles. The second kappa shape index (κ2) is 9.03. The first-order chi connectivity index (χ1) is 16.4. The smallest absolute Gasteiger partial charge is 0.322 e. The van der Waals surface area contributed by atoms with Gasteiger partial charge in [-0.3, -0.25) is 9.48 Å². The van der Waals surface area contributed by atoms with E-state index in [0.29, 0.717) is 11.4 Å². The molecule has 0 fully saturated rings. The number of aromatic nitrogens is 2. The first-order valence-electron chi connectivity index (χ1n) is 10.3. The van der Waals surface area contributed by atoms with Crippen molar-refractivity contribution in [3.8, 4) is 22.4 Å². The molecule has 1 N–H and O–H groups in total. The van der Waals surface area contributed by atoms with Crippen molar-refractivity contribution in [2.45, 2.75) is 11.1 Å². The summed E-state index contributed by atoms with van der Waals surface area (Å²) in [5.74, 6) is -0.543. The Balaban J connectivity index is 1.72. The molecule has 35 heavy (non-hydrogen) atoms. The third-order valence-corrected chi connectivity index (χ3v) is 6.43. The molecule has 6 nitrogen and oxygen atoms in total. The molecular formula is C25H20F3N3O3S. The Morgan fingerprint density at radius 2 is 1.66 bits per heavy atom. The van der Waals surface area contributed by atoms with E-state index >= 15 is 0 Å². The van der Waals surface area contributed by atoms with Crippen molar-refractivity contribution >= 4 is 21.4 Å². The first-order valence-corrected chi connectivity index (χ1v) is 12.2. The van der Waals surface area contributed by atoms with E-state index in [1.54, 1.807) is 36.1 Å². The van der Waals surface area contributed by atoms with Gasteiger partial charge in [0.25, 0.3) is 5.91 Å². The van der Waals surface area contributed by atoms with Crippen LogP contribution in [0, 0.1) is 0 Å². The number of anilines is 1. The number of aryl methyl sites for hydroxylation is 1. The van der Waals surface area contributed by atoms with Gasteiger partial charge < -0.3 is 5.32 Å². The number of alkyl halides is 3. The second-order valence-electron chi connectivity index (χ2n) is 7.96. The number of carbonyl (C=O) groups is 1. The third-order valence-electron chi connectivity index (χ3n) is 5.32. The van der Waals surface area contributed by atoms with Gasteiger partial charge >= 0.3 is 6.18 Å². The summed E-state index contributed by atoms with van der Waals surface area (Å²) in [6.45, 7) is 0. The predicted octanol–water partition coefficient (Wildman–Crippen LogP) is 5.43. The molecule has 1 heterocycles. The fraction of sp³-hybridized carbons (Fsp3) is 0.120. The zero-order valence-electron chi connectivity index (χ0n) is 18.7. The number of amides is 1. The average molecular weight is 500 g/mol. The maximum absolute atomic E-state index is 13.2. The summed E-state index contributed by atoms with van der Waals surface area (Å²) >= 11 is 0. The number of sulfone groups is 1. The van der Waals surface area contributed by atoms with Gasteiger partial charge in [-0.1, -0.05) is 24.3 Å². The molecule has 4 rings (SSSR count). The summed E-state index contributed by atoms with van der Waals surface area (Å²) < 4.78 is 64.8. The van der Waals surface area contributed by atoms with Gasteiger partial charge in [0.15, 0.2) is 9.84 Å². The van der Waals surface area contributed by atoms with Crippen LogP contribution in [0.1, 0.15) is 15.9 Å². The largest absolute Gasteiger partial charge is 0.416 e. The molecule has 1 aromatic heterocycles. The van der Waals surface area contributed by atoms with Crippen molar-refractivity contribution in [3.05, 3.63) is 90.1 Å². The number of benzene rings is 3. The molecule has 0 atom stereocenters. The highest BCUT2D eigenvalue weighted by atomic mass is 32.2. The Hall–Kier alpha value is -3.92. The molecule has 0 bridgehead atoms. The Morgan fingerprint density at radius 3 is 2.26 bits per heavy atom. The van der Waals surface area contributed by atoms with Gasteiger partial charge in [-0.2, -0.15) is 18.3 Å². The van der Waals surface area contributed by atoms with Crippen molar-refractivity contribution < 1.29 is 26.4 Å². The van der Waals surface area contributed by atoms with Gasteiger partial charge in [0.1, 0.15) is 0 Å². The highest BCUT2D eigenvalue weighted by molar-refractivity contribution is 7.90. The van der Waals surface area contributed by atoms with Crippen molar-refractivity contribution in [2.24, 2.45) is 7.05 Å². The summed E-state index contributed by atoms with van der Waals surface area (Å²) in [5, 5.41) is 7.11. The number of carbonyl (C=O) groups excluding carboxylic acids is 1. The van der Waals surface area contributed by atoms with E-state index in [-0.39, 0.29) is 21.6 Å². The lowest BCUT2D eigenvalue weighted by atomic mass is 9.98. The quantitative estimate of drug-likeness (QED) is 0.397. The number of nitrogens with one attached hydrogen (secondary N) is 1. The summed E-state index contributed by atoms with van der Waals surface area (Å²) in [6.07, 6.45) is -1.71. The number of hydrogen-bond donors (Lipinski definition) is 1. The second-order valence-corrected chi connectivity index (χ2v) is 9.98. The Labute approximate surface area is 200 Å². The standard InChI is InChI=1S/C25H20F3N3O3S/c1-31-13-12-23(30-31)17-4-3-5-19(14-17)29-24(32)21-11-10-20(35(2,33)34)15-22(21)16-6-8-18(9-7-16)25(26,27)28/h3-15H,1-2H3,(H,29,32). The molecule has 0 aliphatic rings. The molecule has 10 heteroatoms. The average Bonchev–Trinajstić information content (AvgIpc) is 3.24. The van der Waals surface area contributed by atoms with Gasteiger partial charge in [-0.15, -0.1) is 0 Å². The summed E-state index contributed by atoms with van der Waals surface area (Å²) in [4.78, 5) is 13.1. The van der Waals surface area contributed by atoms with Gasteiger partial charge in [0, 0.05) is 36.3 Å². The number of rotatable bonds is 5. The van der Waals surface area contributed by atoms with Crippen LogP contribution in [-0.4, -0.2) is 30.4 Å². The van der Waals surface area contributed by atoms with Crippen LogP contribution in [0.2, 0.25) is 0 Å². The Morgan fingerprint density at radius 1 is 0.943 bits per heavy atom. The fourth-order valence-electron chi connectivity index (χ4n) is 3.55. The minimum absolute atomic E-state index is 0.0545. The lowest BCUT2D eigenvalue weighted by Crippen LogP contribution is -2.14. The molecule has 180 valence electrons. The Bertz CT molecular complexity index is 1510. The van der Waals surface area contributed by atoms with E-state index in [2.05, 4.69) is 10.4 Å². The van der Waals surface area contributed by atoms with Crippen LogP contribution in [0.15, 0.2) is 83.9 Å². The van der Waals surface area contributed by atoms with E-state index in [1.807, 2.05) is 12.1 Å². The Kier molecular flexibility index (Phi) is 6.25. The number of nitrogens with zero attached hydrogens (tertiary/aromatic N) is 2. The minimum atomic E-state index is -4.52. The lowest BCUT2D eigenvalue weighted by Gasteiger charge is -2.14. The number of halogens is 3. The molecule has 0 aliphatic heterocycles. The van der Waals surface area contributed by atoms with E-state index in [4.69, 9.17) is 0 Å². The molecule has 4 aromatic rings. The van der Waals surface area contributed by atoms with Crippen LogP contribution < -0.4 is 5.32 Å². The highest BCUT2D eigenvalue weighted by Gasteiger charge is 2.30. The van der Waals surface area contributed by atoms with Crippen LogP contribution in [0.5, 0.6) is 0 Å². The van der Waals surface area contributed by atoms with E-state index in [9.17, 15) is 26.4 Å². The molecule has 0 unspecified atom stereocenters. The van der Waals surface area contributed by atoms with Crippen molar-refractivity contribution in [3.63, 3.8) is 0 Å². The van der Waals surface area contributed by atoms with Gasteiger partial charge in [-0.25, -0.2) is 8.42 Å². The molecule has 0 saturated heterocycles. The summed E-state index contributed by atoms with van der Waals surface area (Å²) in [7, 11) is -1.83. The number of hydrogen-bond acceptors (Lipinski definition) is 4. The normalized spacial score (nSPS) is 11.9. The van der Waals surface area contributed by atoms with E-state index in [0.717, 1.165) is 24.0 Å². The zero-order chi connectivity index (χ0) is 25.4. The lowest BCUT2D eigenvalue weighted by molar-refractivity contribution is -0.137. The van der Waals surface area contributed by atoms with Crippen molar-refractivity contribution in [2.75, 3.05) is 11.6 Å². The van der Waals surface area contributed by atoms with Crippen molar-refractivity contribution in [1.82, 2.24) is 9.78 Å². The van der Waals surface area contributed by atoms with Gasteiger partial charge in [-0.05, 0) is 59.7 Å². The predicted molar refractivity (Wildman–Crippen MR) is 127 cm³/mol. The molecule has 0 spiro atoms. The SMILES string of the molecule is Cn1ccc(-c2cccc(NC(=O)c3ccc(S(C)(=O)=O)cc3-c3ccc(C(F)(F)F)cc3)c2)n1. The maximum Gasteiger partial charge on any atom is 0.416 e. The van der Waals surface area contributed by atoms with Crippen LogP contribution in [0.4, 0.5) is 18.9 Å². The van der Waals surface area contributed by atoms with Crippen LogP contribution in [0.25, 0.3) is 22.4 Å². The molecule has 1 amide bonds. The fourth-order valence-corrected chi connectivity index (χ4v) is 4.20. The summed E-state index contributed by atoms with van der Waals surface area (Å²) in [5.41, 5.74) is 1.70. The maximum atomic E-state index is 13.2. The van der Waals surface area contributed by atoms with E-state index < -0.39 is 27.5 Å². The first kappa shape index (κ1) is 24.2. The topological polar surface area (TPSA) is 81.1 Å². The third kappa shape index (κ3) is 5.43. The van der Waals surface area contributed by atoms with Gasteiger partial charge in [0.2, 0.25) is 0 Å². The molecule has 0 aliphatic carbocycles. The molecular weight excluding hydrogens is 479 g/mol. The van der Waals surface area contributed by atoms with Crippen LogP contribution >= 0.6 is 0 Å². The monoisotopic (exact) mass is 499 g/mol.